The molecule has 26 heavy (non-hydrogen) atoms. The van der Waals surface area contributed by atoms with Crippen LogP contribution in [0.1, 0.15) is 17.3 Å². The van der Waals surface area contributed by atoms with Gasteiger partial charge < -0.3 is 9.88 Å². The Bertz CT molecular complexity index is 1110. The Morgan fingerprint density at radius 2 is 2.04 bits per heavy atom. The second-order valence-electron chi connectivity index (χ2n) is 5.97. The van der Waals surface area contributed by atoms with Crippen LogP contribution in [0.4, 0.5) is 0 Å². The lowest BCUT2D eigenvalue weighted by Crippen LogP contribution is -2.28. The van der Waals surface area contributed by atoms with Gasteiger partial charge in [0, 0.05) is 19.9 Å². The number of hydrogen-bond donors (Lipinski definition) is 1. The number of thiazole rings is 1. The van der Waals surface area contributed by atoms with Crippen molar-refractivity contribution < 1.29 is 4.79 Å². The number of carbonyl (C=O) groups excluding carboxylic acids is 1. The van der Waals surface area contributed by atoms with Gasteiger partial charge in [-0.3, -0.25) is 9.59 Å². The van der Waals surface area contributed by atoms with Gasteiger partial charge in [0.1, 0.15) is 10.5 Å². The van der Waals surface area contributed by atoms with E-state index in [0.717, 1.165) is 15.2 Å². The van der Waals surface area contributed by atoms with Crippen molar-refractivity contribution >= 4 is 49.0 Å². The van der Waals surface area contributed by atoms with Crippen molar-refractivity contribution in [1.29, 1.82) is 0 Å². The Morgan fingerprint density at radius 3 is 2.88 bits per heavy atom. The van der Waals surface area contributed by atoms with Gasteiger partial charge in [0.05, 0.1) is 27.3 Å². The Balaban J connectivity index is 1.41. The summed E-state index contributed by atoms with van der Waals surface area (Å²) < 4.78 is 1.74. The fourth-order valence-corrected chi connectivity index (χ4v) is 4.43. The third-order valence-electron chi connectivity index (χ3n) is 4.07. The van der Waals surface area contributed by atoms with E-state index >= 15 is 0 Å². The molecule has 6 nitrogen and oxygen atoms in total. The lowest BCUT2D eigenvalue weighted by Gasteiger charge is -2.16. The van der Waals surface area contributed by atoms with E-state index in [9.17, 15) is 9.59 Å². The monoisotopic (exact) mass is 384 g/mol. The van der Waals surface area contributed by atoms with E-state index in [-0.39, 0.29) is 18.0 Å². The minimum Gasteiger partial charge on any atom is -0.338 e. The molecule has 0 saturated carbocycles. The minimum absolute atomic E-state index is 0.00248. The number of thiophene rings is 1. The van der Waals surface area contributed by atoms with E-state index in [2.05, 4.69) is 15.0 Å². The SMILES string of the molecule is CN(Cc1nc2ccsc2c(=O)[nH]1)C(=O)CCc1nc2ccccc2s1. The number of nitrogens with one attached hydrogen (secondary N) is 1. The number of aryl methyl sites for hydroxylation is 1. The number of H-pyrrole nitrogens is 1. The molecule has 0 fully saturated rings. The predicted molar refractivity (Wildman–Crippen MR) is 105 cm³/mol. The summed E-state index contributed by atoms with van der Waals surface area (Å²) in [5.74, 6) is 0.494. The van der Waals surface area contributed by atoms with Crippen LogP contribution in [0.2, 0.25) is 0 Å². The first kappa shape index (κ1) is 16.9. The van der Waals surface area contributed by atoms with E-state index < -0.39 is 0 Å². The van der Waals surface area contributed by atoms with Gasteiger partial charge in [-0.1, -0.05) is 12.1 Å². The first-order chi connectivity index (χ1) is 12.6. The van der Waals surface area contributed by atoms with Crippen LogP contribution in [0.15, 0.2) is 40.5 Å². The predicted octanol–water partition coefficient (Wildman–Crippen LogP) is 3.19. The zero-order valence-electron chi connectivity index (χ0n) is 14.1. The number of carbonyl (C=O) groups is 1. The smallest absolute Gasteiger partial charge is 0.268 e. The van der Waals surface area contributed by atoms with Gasteiger partial charge >= 0.3 is 0 Å². The lowest BCUT2D eigenvalue weighted by molar-refractivity contribution is -0.130. The second-order valence-corrected chi connectivity index (χ2v) is 8.00. The molecule has 1 aromatic carbocycles. The topological polar surface area (TPSA) is 79.0 Å². The van der Waals surface area contributed by atoms with E-state index in [1.165, 1.54) is 11.3 Å². The normalized spacial score (nSPS) is 11.3. The number of rotatable bonds is 5. The molecule has 132 valence electrons. The molecule has 3 aromatic heterocycles. The molecule has 0 radical (unpaired) electrons. The molecule has 1 amide bonds. The van der Waals surface area contributed by atoms with Gasteiger partial charge in [-0.15, -0.1) is 22.7 Å². The van der Waals surface area contributed by atoms with E-state index in [4.69, 9.17) is 0 Å². The van der Waals surface area contributed by atoms with Crippen molar-refractivity contribution in [3.63, 3.8) is 0 Å². The molecule has 0 spiro atoms. The van der Waals surface area contributed by atoms with Gasteiger partial charge in [0.25, 0.3) is 5.56 Å². The minimum atomic E-state index is -0.157. The van der Waals surface area contributed by atoms with Crippen molar-refractivity contribution in [1.82, 2.24) is 19.9 Å². The zero-order valence-corrected chi connectivity index (χ0v) is 15.7. The van der Waals surface area contributed by atoms with Crippen LogP contribution in [-0.4, -0.2) is 32.8 Å². The average Bonchev–Trinajstić information content (AvgIpc) is 3.25. The Labute approximate surface area is 157 Å². The summed E-state index contributed by atoms with van der Waals surface area (Å²) in [7, 11) is 1.72. The number of aromatic nitrogens is 3. The lowest BCUT2D eigenvalue weighted by atomic mass is 10.3. The molecule has 0 unspecified atom stereocenters. The van der Waals surface area contributed by atoms with Crippen LogP contribution in [0.5, 0.6) is 0 Å². The Hall–Kier alpha value is -2.58. The number of benzene rings is 1. The highest BCUT2D eigenvalue weighted by Gasteiger charge is 2.13. The van der Waals surface area contributed by atoms with Crippen LogP contribution < -0.4 is 5.56 Å². The number of hydrogen-bond acceptors (Lipinski definition) is 6. The molecule has 4 rings (SSSR count). The summed E-state index contributed by atoms with van der Waals surface area (Å²) in [6.07, 6.45) is 0.983. The third-order valence-corrected chi connectivity index (χ3v) is 6.07. The van der Waals surface area contributed by atoms with E-state index in [0.29, 0.717) is 28.9 Å². The molecule has 0 atom stereocenters. The molecular weight excluding hydrogens is 368 g/mol. The van der Waals surface area contributed by atoms with Gasteiger partial charge in [-0.05, 0) is 23.6 Å². The highest BCUT2D eigenvalue weighted by molar-refractivity contribution is 7.18. The standard InChI is InChI=1S/C18H16N4O2S2/c1-22(10-14-19-12-8-9-25-17(12)18(24)21-14)16(23)7-6-15-20-11-4-2-3-5-13(11)26-15/h2-5,8-9H,6-7,10H2,1H3,(H,19,21,24). The number of aromatic amines is 1. The summed E-state index contributed by atoms with van der Waals surface area (Å²) in [4.78, 5) is 37.7. The zero-order chi connectivity index (χ0) is 18.1. The van der Waals surface area contributed by atoms with Crippen LogP contribution in [0.3, 0.4) is 0 Å². The van der Waals surface area contributed by atoms with E-state index in [1.54, 1.807) is 23.3 Å². The molecule has 0 aliphatic carbocycles. The molecule has 0 aliphatic heterocycles. The molecule has 3 heterocycles. The molecule has 0 aliphatic rings. The van der Waals surface area contributed by atoms with Crippen LogP contribution in [0.25, 0.3) is 20.4 Å². The molecule has 1 N–H and O–H groups in total. The van der Waals surface area contributed by atoms with Crippen LogP contribution in [0, 0.1) is 0 Å². The van der Waals surface area contributed by atoms with Crippen molar-refractivity contribution in [2.24, 2.45) is 0 Å². The van der Waals surface area contributed by atoms with Crippen molar-refractivity contribution in [2.45, 2.75) is 19.4 Å². The summed E-state index contributed by atoms with van der Waals surface area (Å²) in [6, 6.07) is 9.77. The van der Waals surface area contributed by atoms with Crippen molar-refractivity contribution in [3.05, 3.63) is 56.9 Å². The number of para-hydroxylation sites is 1. The van der Waals surface area contributed by atoms with Crippen LogP contribution in [-0.2, 0) is 17.8 Å². The molecular formula is C18H16N4O2S2. The highest BCUT2D eigenvalue weighted by atomic mass is 32.1. The second kappa shape index (κ2) is 6.97. The van der Waals surface area contributed by atoms with E-state index in [1.807, 2.05) is 35.7 Å². The molecule has 4 aromatic rings. The highest BCUT2D eigenvalue weighted by Crippen LogP contribution is 2.22. The maximum atomic E-state index is 12.4. The first-order valence-corrected chi connectivity index (χ1v) is 9.84. The largest absolute Gasteiger partial charge is 0.338 e. The Kier molecular flexibility index (Phi) is 4.52. The van der Waals surface area contributed by atoms with Crippen molar-refractivity contribution in [3.8, 4) is 0 Å². The van der Waals surface area contributed by atoms with Crippen molar-refractivity contribution in [2.75, 3.05) is 7.05 Å². The molecule has 8 heteroatoms. The van der Waals surface area contributed by atoms with Gasteiger partial charge in [0.15, 0.2) is 0 Å². The summed E-state index contributed by atoms with van der Waals surface area (Å²) >= 11 is 2.98. The fraction of sp³-hybridized carbons (Fsp3) is 0.222. The number of nitrogens with zero attached hydrogens (tertiary/aromatic N) is 3. The Morgan fingerprint density at radius 1 is 1.19 bits per heavy atom. The number of fused-ring (bicyclic) bond motifs is 2. The molecule has 0 saturated heterocycles. The fourth-order valence-electron chi connectivity index (χ4n) is 2.74. The summed E-state index contributed by atoms with van der Waals surface area (Å²) in [5.41, 5.74) is 1.48. The molecule has 0 bridgehead atoms. The first-order valence-electron chi connectivity index (χ1n) is 8.15. The van der Waals surface area contributed by atoms with Gasteiger partial charge in [-0.25, -0.2) is 9.97 Å². The quantitative estimate of drug-likeness (QED) is 0.573. The van der Waals surface area contributed by atoms with Gasteiger partial charge in [-0.2, -0.15) is 0 Å². The van der Waals surface area contributed by atoms with Gasteiger partial charge in [0.2, 0.25) is 5.91 Å². The summed E-state index contributed by atoms with van der Waals surface area (Å²) in [6.45, 7) is 0.277. The van der Waals surface area contributed by atoms with Crippen LogP contribution >= 0.6 is 22.7 Å². The number of amides is 1. The average molecular weight is 384 g/mol. The maximum absolute atomic E-state index is 12.4. The third kappa shape index (κ3) is 3.38. The summed E-state index contributed by atoms with van der Waals surface area (Å²) in [5, 5.41) is 2.79. The maximum Gasteiger partial charge on any atom is 0.268 e.